The average molecular weight is 365 g/mol. The predicted molar refractivity (Wildman–Crippen MR) is 104 cm³/mol. The number of nitrogens with one attached hydrogen (secondary N) is 1. The minimum Gasteiger partial charge on any atom is -0.376 e. The lowest BCUT2D eigenvalue weighted by atomic mass is 10.1. The van der Waals surface area contributed by atoms with E-state index in [4.69, 9.17) is 4.74 Å². The number of fused-ring (bicyclic) bond motifs is 1. The van der Waals surface area contributed by atoms with Gasteiger partial charge in [0.1, 0.15) is 5.82 Å². The van der Waals surface area contributed by atoms with Crippen molar-refractivity contribution < 1.29 is 9.53 Å². The van der Waals surface area contributed by atoms with Gasteiger partial charge in [-0.3, -0.25) is 9.69 Å². The predicted octanol–water partition coefficient (Wildman–Crippen LogP) is 2.29. The maximum atomic E-state index is 12.4. The van der Waals surface area contributed by atoms with Crippen LogP contribution in [-0.4, -0.2) is 57.7 Å². The standard InChI is InChI=1S/C20H23N5O2/c1-14-11-25(5-6-27-14)12-20(26)23-19-8-17-7-15(3-4-16(17)9-22-19)18-10-21-13-24(18)2/h3-4,7-10,13-14H,5-6,11-12H2,1-2H3,(H,22,23,26). The Morgan fingerprint density at radius 2 is 2.19 bits per heavy atom. The highest BCUT2D eigenvalue weighted by Gasteiger charge is 2.19. The summed E-state index contributed by atoms with van der Waals surface area (Å²) in [6, 6.07) is 8.09. The number of anilines is 1. The number of aryl methyl sites for hydroxylation is 1. The molecule has 140 valence electrons. The van der Waals surface area contributed by atoms with Crippen LogP contribution in [0.1, 0.15) is 6.92 Å². The number of benzene rings is 1. The van der Waals surface area contributed by atoms with E-state index in [-0.39, 0.29) is 12.0 Å². The largest absolute Gasteiger partial charge is 0.376 e. The zero-order chi connectivity index (χ0) is 18.8. The van der Waals surface area contributed by atoms with Gasteiger partial charge in [0.15, 0.2) is 0 Å². The second kappa shape index (κ2) is 7.46. The topological polar surface area (TPSA) is 72.3 Å². The summed E-state index contributed by atoms with van der Waals surface area (Å²) in [4.78, 5) is 23.0. The van der Waals surface area contributed by atoms with E-state index in [0.29, 0.717) is 19.0 Å². The van der Waals surface area contributed by atoms with Gasteiger partial charge in [0.25, 0.3) is 0 Å². The number of imidazole rings is 1. The number of nitrogens with zero attached hydrogens (tertiary/aromatic N) is 4. The highest BCUT2D eigenvalue weighted by atomic mass is 16.5. The number of ether oxygens (including phenoxy) is 1. The molecule has 1 aromatic carbocycles. The number of pyridine rings is 1. The van der Waals surface area contributed by atoms with Crippen LogP contribution in [0.25, 0.3) is 22.0 Å². The fourth-order valence-corrected chi connectivity index (χ4v) is 3.42. The molecule has 3 heterocycles. The van der Waals surface area contributed by atoms with Crippen molar-refractivity contribution in [1.29, 1.82) is 0 Å². The Kier molecular flexibility index (Phi) is 4.87. The Balaban J connectivity index is 1.50. The zero-order valence-corrected chi connectivity index (χ0v) is 15.6. The van der Waals surface area contributed by atoms with Crippen LogP contribution >= 0.6 is 0 Å². The quantitative estimate of drug-likeness (QED) is 0.768. The van der Waals surface area contributed by atoms with Gasteiger partial charge >= 0.3 is 0 Å². The van der Waals surface area contributed by atoms with E-state index in [1.807, 2.05) is 36.9 Å². The molecule has 1 saturated heterocycles. The molecule has 1 aliphatic heterocycles. The lowest BCUT2D eigenvalue weighted by molar-refractivity contribution is -0.119. The van der Waals surface area contributed by atoms with Crippen molar-refractivity contribution >= 4 is 22.5 Å². The van der Waals surface area contributed by atoms with Crippen molar-refractivity contribution in [3.05, 3.63) is 43.0 Å². The summed E-state index contributed by atoms with van der Waals surface area (Å²) in [5, 5.41) is 4.97. The van der Waals surface area contributed by atoms with E-state index in [1.165, 1.54) is 0 Å². The van der Waals surface area contributed by atoms with Crippen LogP contribution in [0.5, 0.6) is 0 Å². The van der Waals surface area contributed by atoms with Crippen molar-refractivity contribution in [1.82, 2.24) is 19.4 Å². The Hall–Kier alpha value is -2.77. The van der Waals surface area contributed by atoms with Gasteiger partial charge in [0.2, 0.25) is 5.91 Å². The summed E-state index contributed by atoms with van der Waals surface area (Å²) in [7, 11) is 1.97. The molecule has 0 saturated carbocycles. The van der Waals surface area contributed by atoms with Gasteiger partial charge in [0, 0.05) is 37.3 Å². The minimum absolute atomic E-state index is 0.0567. The first-order chi connectivity index (χ1) is 13.1. The number of amides is 1. The fraction of sp³-hybridized carbons (Fsp3) is 0.350. The van der Waals surface area contributed by atoms with Crippen LogP contribution in [0, 0.1) is 0 Å². The zero-order valence-electron chi connectivity index (χ0n) is 15.6. The Morgan fingerprint density at radius 1 is 1.30 bits per heavy atom. The van der Waals surface area contributed by atoms with Crippen molar-refractivity contribution in [2.24, 2.45) is 7.05 Å². The van der Waals surface area contributed by atoms with Crippen molar-refractivity contribution in [2.45, 2.75) is 13.0 Å². The van der Waals surface area contributed by atoms with E-state index >= 15 is 0 Å². The number of morpholine rings is 1. The van der Waals surface area contributed by atoms with Gasteiger partial charge in [0.05, 0.1) is 37.5 Å². The van der Waals surface area contributed by atoms with E-state index in [1.54, 1.807) is 12.5 Å². The molecule has 1 unspecified atom stereocenters. The molecule has 7 heteroatoms. The summed E-state index contributed by atoms with van der Waals surface area (Å²) in [5.74, 6) is 0.509. The monoisotopic (exact) mass is 365 g/mol. The van der Waals surface area contributed by atoms with Crippen LogP contribution in [0.4, 0.5) is 5.82 Å². The maximum absolute atomic E-state index is 12.4. The molecular formula is C20H23N5O2. The Labute approximate surface area is 158 Å². The normalized spacial score (nSPS) is 17.9. The number of rotatable bonds is 4. The number of aromatic nitrogens is 3. The van der Waals surface area contributed by atoms with E-state index in [0.717, 1.165) is 35.1 Å². The van der Waals surface area contributed by atoms with Crippen LogP contribution in [0.2, 0.25) is 0 Å². The third kappa shape index (κ3) is 3.99. The molecule has 1 N–H and O–H groups in total. The molecule has 1 amide bonds. The highest BCUT2D eigenvalue weighted by molar-refractivity contribution is 5.94. The molecule has 2 aromatic heterocycles. The maximum Gasteiger partial charge on any atom is 0.239 e. The fourth-order valence-electron chi connectivity index (χ4n) is 3.42. The summed E-state index contributed by atoms with van der Waals surface area (Å²) in [6.45, 7) is 4.58. The van der Waals surface area contributed by atoms with Crippen LogP contribution in [-0.2, 0) is 16.6 Å². The molecule has 0 spiro atoms. The van der Waals surface area contributed by atoms with Crippen molar-refractivity contribution in [2.75, 3.05) is 31.6 Å². The van der Waals surface area contributed by atoms with Crippen LogP contribution in [0.15, 0.2) is 43.0 Å². The minimum atomic E-state index is -0.0567. The van der Waals surface area contributed by atoms with Crippen LogP contribution < -0.4 is 5.32 Å². The number of carbonyl (C=O) groups excluding carboxylic acids is 1. The first kappa shape index (κ1) is 17.6. The summed E-state index contributed by atoms with van der Waals surface area (Å²) >= 11 is 0. The first-order valence-electron chi connectivity index (χ1n) is 9.09. The molecule has 1 fully saturated rings. The Bertz CT molecular complexity index is 968. The second-order valence-corrected chi connectivity index (χ2v) is 6.99. The van der Waals surface area contributed by atoms with E-state index in [9.17, 15) is 4.79 Å². The molecule has 0 bridgehead atoms. The Morgan fingerprint density at radius 3 is 2.96 bits per heavy atom. The van der Waals surface area contributed by atoms with E-state index in [2.05, 4.69) is 32.3 Å². The molecule has 1 atom stereocenters. The highest BCUT2D eigenvalue weighted by Crippen LogP contribution is 2.25. The number of hydrogen-bond acceptors (Lipinski definition) is 5. The number of hydrogen-bond donors (Lipinski definition) is 1. The lowest BCUT2D eigenvalue weighted by Gasteiger charge is -2.30. The van der Waals surface area contributed by atoms with Gasteiger partial charge in [-0.2, -0.15) is 0 Å². The number of carbonyl (C=O) groups is 1. The molecule has 0 aliphatic carbocycles. The smallest absolute Gasteiger partial charge is 0.239 e. The van der Waals surface area contributed by atoms with Crippen LogP contribution in [0.3, 0.4) is 0 Å². The van der Waals surface area contributed by atoms with Gasteiger partial charge in [-0.15, -0.1) is 0 Å². The summed E-state index contributed by atoms with van der Waals surface area (Å²) in [5.41, 5.74) is 2.12. The molecule has 0 radical (unpaired) electrons. The molecule has 3 aromatic rings. The molecular weight excluding hydrogens is 342 g/mol. The van der Waals surface area contributed by atoms with Crippen molar-refractivity contribution in [3.8, 4) is 11.3 Å². The molecule has 7 nitrogen and oxygen atoms in total. The average Bonchev–Trinajstić information content (AvgIpc) is 3.07. The summed E-state index contributed by atoms with van der Waals surface area (Å²) < 4.78 is 7.49. The van der Waals surface area contributed by atoms with E-state index < -0.39 is 0 Å². The second-order valence-electron chi connectivity index (χ2n) is 6.99. The van der Waals surface area contributed by atoms with Gasteiger partial charge in [-0.05, 0) is 24.4 Å². The van der Waals surface area contributed by atoms with Gasteiger partial charge < -0.3 is 14.6 Å². The third-order valence-corrected chi connectivity index (χ3v) is 4.79. The first-order valence-corrected chi connectivity index (χ1v) is 9.09. The third-order valence-electron chi connectivity index (χ3n) is 4.79. The van der Waals surface area contributed by atoms with Crippen molar-refractivity contribution in [3.63, 3.8) is 0 Å². The lowest BCUT2D eigenvalue weighted by Crippen LogP contribution is -2.44. The molecule has 4 rings (SSSR count). The summed E-state index contributed by atoms with van der Waals surface area (Å²) in [6.07, 6.45) is 5.57. The molecule has 1 aliphatic rings. The SMILES string of the molecule is CC1CN(CC(=O)Nc2cc3cc(-c4cncn4C)ccc3cn2)CCO1. The van der Waals surface area contributed by atoms with Gasteiger partial charge in [-0.1, -0.05) is 12.1 Å². The molecule has 27 heavy (non-hydrogen) atoms. The van der Waals surface area contributed by atoms with Gasteiger partial charge in [-0.25, -0.2) is 9.97 Å².